The monoisotopic (exact) mass is 221 g/mol. The van der Waals surface area contributed by atoms with Gasteiger partial charge in [0.05, 0.1) is 0 Å². The Morgan fingerprint density at radius 1 is 1.33 bits per heavy atom. The molecule has 2 aromatic rings. The first-order chi connectivity index (χ1) is 7.22. The Balaban J connectivity index is 2.47. The van der Waals surface area contributed by atoms with Crippen molar-refractivity contribution in [1.29, 1.82) is 0 Å². The SMILES string of the molecule is Cc1ccsc1-c1ccc(CN)c(F)c1. The minimum atomic E-state index is -0.220. The third-order valence-corrected chi connectivity index (χ3v) is 3.46. The van der Waals surface area contributed by atoms with Crippen molar-refractivity contribution in [3.8, 4) is 10.4 Å². The molecule has 0 saturated heterocycles. The molecule has 1 aromatic carbocycles. The Bertz CT molecular complexity index is 476. The summed E-state index contributed by atoms with van der Waals surface area (Å²) in [6.07, 6.45) is 0. The normalized spacial score (nSPS) is 10.6. The first kappa shape index (κ1) is 10.3. The van der Waals surface area contributed by atoms with Gasteiger partial charge in [-0.1, -0.05) is 12.1 Å². The summed E-state index contributed by atoms with van der Waals surface area (Å²) in [5, 5.41) is 2.01. The Labute approximate surface area is 92.4 Å². The smallest absolute Gasteiger partial charge is 0.128 e. The largest absolute Gasteiger partial charge is 0.326 e. The molecule has 1 nitrogen and oxygen atoms in total. The molecule has 2 rings (SSSR count). The Morgan fingerprint density at radius 2 is 2.13 bits per heavy atom. The van der Waals surface area contributed by atoms with Gasteiger partial charge in [-0.2, -0.15) is 0 Å². The molecule has 0 amide bonds. The topological polar surface area (TPSA) is 26.0 Å². The molecule has 2 N–H and O–H groups in total. The summed E-state index contributed by atoms with van der Waals surface area (Å²) >= 11 is 1.63. The average Bonchev–Trinajstić information content (AvgIpc) is 2.64. The van der Waals surface area contributed by atoms with Crippen molar-refractivity contribution in [2.24, 2.45) is 5.73 Å². The summed E-state index contributed by atoms with van der Waals surface area (Å²) in [4.78, 5) is 1.12. The second-order valence-electron chi connectivity index (χ2n) is 3.44. The number of aryl methyl sites for hydroxylation is 1. The second kappa shape index (κ2) is 4.13. The van der Waals surface area contributed by atoms with E-state index in [1.165, 1.54) is 5.56 Å². The zero-order valence-electron chi connectivity index (χ0n) is 8.46. The summed E-state index contributed by atoms with van der Waals surface area (Å²) in [6, 6.07) is 7.27. The highest BCUT2D eigenvalue weighted by molar-refractivity contribution is 7.13. The molecular weight excluding hydrogens is 209 g/mol. The maximum absolute atomic E-state index is 13.5. The summed E-state index contributed by atoms with van der Waals surface area (Å²) in [6.45, 7) is 2.27. The van der Waals surface area contributed by atoms with Crippen molar-refractivity contribution in [3.05, 3.63) is 46.6 Å². The van der Waals surface area contributed by atoms with Crippen molar-refractivity contribution in [3.63, 3.8) is 0 Å². The van der Waals surface area contributed by atoms with E-state index < -0.39 is 0 Å². The van der Waals surface area contributed by atoms with E-state index in [-0.39, 0.29) is 12.4 Å². The number of benzene rings is 1. The standard InChI is InChI=1S/C12H12FNS/c1-8-4-5-15-12(8)9-2-3-10(7-14)11(13)6-9/h2-6H,7,14H2,1H3. The molecule has 0 bridgehead atoms. The van der Waals surface area contributed by atoms with E-state index >= 15 is 0 Å². The van der Waals surface area contributed by atoms with E-state index in [0.717, 1.165) is 10.4 Å². The van der Waals surface area contributed by atoms with E-state index in [9.17, 15) is 4.39 Å². The Kier molecular flexibility index (Phi) is 2.84. The molecule has 15 heavy (non-hydrogen) atoms. The van der Waals surface area contributed by atoms with Gasteiger partial charge in [-0.3, -0.25) is 0 Å². The summed E-state index contributed by atoms with van der Waals surface area (Å²) in [5.41, 5.74) is 8.08. The van der Waals surface area contributed by atoms with Gasteiger partial charge >= 0.3 is 0 Å². The molecular formula is C12H12FNS. The highest BCUT2D eigenvalue weighted by Crippen LogP contribution is 2.29. The van der Waals surface area contributed by atoms with E-state index in [2.05, 4.69) is 0 Å². The van der Waals surface area contributed by atoms with Crippen molar-refractivity contribution < 1.29 is 4.39 Å². The maximum atomic E-state index is 13.5. The second-order valence-corrected chi connectivity index (χ2v) is 4.36. The fraction of sp³-hybridized carbons (Fsp3) is 0.167. The van der Waals surface area contributed by atoms with Gasteiger partial charge in [0.15, 0.2) is 0 Å². The first-order valence-corrected chi connectivity index (χ1v) is 5.63. The van der Waals surface area contributed by atoms with Gasteiger partial charge in [-0.15, -0.1) is 11.3 Å². The number of thiophene rings is 1. The molecule has 1 aromatic heterocycles. The van der Waals surface area contributed by atoms with Gasteiger partial charge in [-0.25, -0.2) is 4.39 Å². The lowest BCUT2D eigenvalue weighted by atomic mass is 10.1. The number of nitrogens with two attached hydrogens (primary N) is 1. The minimum absolute atomic E-state index is 0.220. The maximum Gasteiger partial charge on any atom is 0.128 e. The first-order valence-electron chi connectivity index (χ1n) is 4.75. The Morgan fingerprint density at radius 3 is 2.67 bits per heavy atom. The average molecular weight is 221 g/mol. The van der Waals surface area contributed by atoms with Crippen LogP contribution in [0, 0.1) is 12.7 Å². The predicted octanol–water partition coefficient (Wildman–Crippen LogP) is 3.32. The molecule has 3 heteroatoms. The van der Waals surface area contributed by atoms with Gasteiger partial charge < -0.3 is 5.73 Å². The predicted molar refractivity (Wildman–Crippen MR) is 62.3 cm³/mol. The van der Waals surface area contributed by atoms with Gasteiger partial charge in [-0.05, 0) is 35.6 Å². The summed E-state index contributed by atoms with van der Waals surface area (Å²) in [5.74, 6) is -0.220. The van der Waals surface area contributed by atoms with Gasteiger partial charge in [0.25, 0.3) is 0 Å². The molecule has 0 spiro atoms. The molecule has 0 aliphatic heterocycles. The van der Waals surface area contributed by atoms with Crippen molar-refractivity contribution in [2.75, 3.05) is 0 Å². The van der Waals surface area contributed by atoms with E-state index in [4.69, 9.17) is 5.73 Å². The molecule has 0 aliphatic rings. The Hall–Kier alpha value is -1.19. The highest BCUT2D eigenvalue weighted by atomic mass is 32.1. The van der Waals surface area contributed by atoms with Crippen LogP contribution < -0.4 is 5.73 Å². The lowest BCUT2D eigenvalue weighted by Crippen LogP contribution is -1.99. The van der Waals surface area contributed by atoms with Crippen molar-refractivity contribution >= 4 is 11.3 Å². The van der Waals surface area contributed by atoms with Gasteiger partial charge in [0.2, 0.25) is 0 Å². The van der Waals surface area contributed by atoms with E-state index in [0.29, 0.717) is 5.56 Å². The van der Waals surface area contributed by atoms with Crippen LogP contribution in [0.3, 0.4) is 0 Å². The van der Waals surface area contributed by atoms with Crippen LogP contribution in [-0.2, 0) is 6.54 Å². The molecule has 0 saturated carbocycles. The molecule has 1 heterocycles. The molecule has 0 unspecified atom stereocenters. The van der Waals surface area contributed by atoms with Crippen LogP contribution in [0.15, 0.2) is 29.6 Å². The van der Waals surface area contributed by atoms with Crippen LogP contribution in [0.4, 0.5) is 4.39 Å². The number of rotatable bonds is 2. The van der Waals surface area contributed by atoms with Crippen LogP contribution in [0.2, 0.25) is 0 Å². The third kappa shape index (κ3) is 1.94. The van der Waals surface area contributed by atoms with Gasteiger partial charge in [0, 0.05) is 17.0 Å². The minimum Gasteiger partial charge on any atom is -0.326 e. The third-order valence-electron chi connectivity index (χ3n) is 2.40. The van der Waals surface area contributed by atoms with Crippen LogP contribution in [-0.4, -0.2) is 0 Å². The highest BCUT2D eigenvalue weighted by Gasteiger charge is 2.06. The summed E-state index contributed by atoms with van der Waals surface area (Å²) < 4.78 is 13.5. The van der Waals surface area contributed by atoms with Crippen LogP contribution in [0.5, 0.6) is 0 Å². The van der Waals surface area contributed by atoms with Crippen LogP contribution >= 0.6 is 11.3 Å². The molecule has 0 aliphatic carbocycles. The quantitative estimate of drug-likeness (QED) is 0.827. The van der Waals surface area contributed by atoms with E-state index in [1.54, 1.807) is 23.5 Å². The van der Waals surface area contributed by atoms with Crippen molar-refractivity contribution in [1.82, 2.24) is 0 Å². The molecule has 78 valence electrons. The molecule has 0 atom stereocenters. The van der Waals surface area contributed by atoms with Crippen LogP contribution in [0.1, 0.15) is 11.1 Å². The van der Waals surface area contributed by atoms with Crippen molar-refractivity contribution in [2.45, 2.75) is 13.5 Å². The number of halogens is 1. The fourth-order valence-electron chi connectivity index (χ4n) is 1.52. The number of hydrogen-bond donors (Lipinski definition) is 1. The zero-order chi connectivity index (χ0) is 10.8. The fourth-order valence-corrected chi connectivity index (χ4v) is 2.45. The zero-order valence-corrected chi connectivity index (χ0v) is 9.27. The van der Waals surface area contributed by atoms with E-state index in [1.807, 2.05) is 24.4 Å². The molecule has 0 radical (unpaired) electrons. The summed E-state index contributed by atoms with van der Waals surface area (Å²) in [7, 11) is 0. The molecule has 0 fully saturated rings. The van der Waals surface area contributed by atoms with Crippen LogP contribution in [0.25, 0.3) is 10.4 Å². The lowest BCUT2D eigenvalue weighted by Gasteiger charge is -2.03. The number of hydrogen-bond acceptors (Lipinski definition) is 2. The lowest BCUT2D eigenvalue weighted by molar-refractivity contribution is 0.611. The van der Waals surface area contributed by atoms with Gasteiger partial charge in [0.1, 0.15) is 5.82 Å².